The molecular weight excluding hydrogens is 734 g/mol. The molecule has 4 aliphatic heterocycles. The van der Waals surface area contributed by atoms with Crippen molar-refractivity contribution in [1.82, 2.24) is 0 Å². The van der Waals surface area contributed by atoms with Crippen molar-refractivity contribution >= 4 is 67.9 Å². The van der Waals surface area contributed by atoms with Crippen LogP contribution in [0.4, 0.5) is 0 Å². The second kappa shape index (κ2) is 10.9. The van der Waals surface area contributed by atoms with Crippen molar-refractivity contribution in [3.8, 4) is 0 Å². The first-order valence-corrected chi connectivity index (χ1v) is 21.8. The fraction of sp³-hybridized carbons (Fsp3) is 0.200. The summed E-state index contributed by atoms with van der Waals surface area (Å²) in [6.07, 6.45) is 1.05. The molecule has 0 N–H and O–H groups in total. The first-order chi connectivity index (χ1) is 22.2. The Balaban J connectivity index is 1.45. The zero-order valence-corrected chi connectivity index (χ0v) is 30.8. The predicted molar refractivity (Wildman–Crippen MR) is 202 cm³/mol. The van der Waals surface area contributed by atoms with Crippen LogP contribution in [-0.2, 0) is 9.13 Å². The maximum atomic E-state index is 16.3. The monoisotopic (exact) mass is 766 g/mol. The Morgan fingerprint density at radius 3 is 1.04 bits per heavy atom. The van der Waals surface area contributed by atoms with Crippen molar-refractivity contribution in [2.45, 2.75) is 13.8 Å². The van der Waals surface area contributed by atoms with E-state index in [9.17, 15) is 0 Å². The van der Waals surface area contributed by atoms with Crippen LogP contribution in [-0.4, -0.2) is 23.0 Å². The zero-order valence-electron chi connectivity index (χ0n) is 25.8. The number of alkyl halides is 2. The number of hydrogen-bond acceptors (Lipinski definition) is 2. The fourth-order valence-corrected chi connectivity index (χ4v) is 20.8. The zero-order chi connectivity index (χ0) is 31.9. The van der Waals surface area contributed by atoms with Crippen molar-refractivity contribution in [3.63, 3.8) is 0 Å². The Labute approximate surface area is 288 Å². The largest absolute Gasteiger partial charge is 0.314 e. The molecule has 4 aromatic rings. The van der Waals surface area contributed by atoms with Crippen molar-refractivity contribution in [2.75, 3.05) is 23.0 Å². The highest BCUT2D eigenvalue weighted by molar-refractivity contribution is 9.09. The van der Waals surface area contributed by atoms with Gasteiger partial charge in [-0.2, -0.15) is 0 Å². The van der Waals surface area contributed by atoms with Gasteiger partial charge in [-0.15, -0.1) is 0 Å². The lowest BCUT2D eigenvalue weighted by atomic mass is 9.72. The second-order valence-corrected chi connectivity index (χ2v) is 19.8. The van der Waals surface area contributed by atoms with Crippen molar-refractivity contribution in [3.05, 3.63) is 165 Å². The van der Waals surface area contributed by atoms with Crippen LogP contribution < -0.4 is 0 Å². The minimum atomic E-state index is -3.23. The average molecular weight is 768 g/mol. The molecule has 0 spiro atoms. The van der Waals surface area contributed by atoms with E-state index in [2.05, 4.69) is 119 Å². The number of benzene rings is 4. The van der Waals surface area contributed by atoms with Gasteiger partial charge in [0.1, 0.15) is 14.3 Å². The van der Waals surface area contributed by atoms with Crippen molar-refractivity contribution in [2.24, 2.45) is 10.8 Å². The van der Waals surface area contributed by atoms with E-state index >= 15 is 9.13 Å². The van der Waals surface area contributed by atoms with Gasteiger partial charge in [0.05, 0.1) is 0 Å². The molecule has 4 aliphatic rings. The average Bonchev–Trinajstić information content (AvgIpc) is 3.66. The van der Waals surface area contributed by atoms with Gasteiger partial charge >= 0.3 is 0 Å². The molecule has 230 valence electrons. The number of fused-ring (bicyclic) bond motifs is 4. The molecule has 0 aromatic heterocycles. The minimum Gasteiger partial charge on any atom is -0.314 e. The number of allylic oxidation sites excluding steroid dienone is 6. The molecule has 2 nitrogen and oxygen atoms in total. The Hall–Kier alpha value is -2.74. The van der Waals surface area contributed by atoms with Crippen LogP contribution in [0.25, 0.3) is 21.8 Å². The quantitative estimate of drug-likeness (QED) is 0.139. The molecule has 4 bridgehead atoms. The summed E-state index contributed by atoms with van der Waals surface area (Å²) >= 11 is 7.80. The van der Waals surface area contributed by atoms with E-state index in [0.29, 0.717) is 23.0 Å². The van der Waals surface area contributed by atoms with Gasteiger partial charge in [0.2, 0.25) is 0 Å². The molecule has 0 saturated heterocycles. The highest BCUT2D eigenvalue weighted by Gasteiger charge is 2.67. The Morgan fingerprint density at radius 1 is 0.478 bits per heavy atom. The van der Waals surface area contributed by atoms with E-state index in [-0.39, 0.29) is 0 Å². The van der Waals surface area contributed by atoms with Gasteiger partial charge in [-0.1, -0.05) is 167 Å². The number of halogens is 2. The molecule has 0 fully saturated rings. The number of rotatable bonds is 7. The van der Waals surface area contributed by atoms with Crippen molar-refractivity contribution < 1.29 is 9.13 Å². The van der Waals surface area contributed by atoms with Crippen LogP contribution in [0, 0.1) is 10.8 Å². The molecule has 4 aromatic carbocycles. The molecule has 0 aliphatic carbocycles. The highest BCUT2D eigenvalue weighted by Crippen LogP contribution is 2.92. The van der Waals surface area contributed by atoms with Gasteiger partial charge in [-0.3, -0.25) is 0 Å². The summed E-state index contributed by atoms with van der Waals surface area (Å²) in [5.41, 5.74) is 7.84. The normalized spacial score (nSPS) is 29.9. The van der Waals surface area contributed by atoms with Gasteiger partial charge in [0.25, 0.3) is 0 Å². The Bertz CT molecular complexity index is 1980. The van der Waals surface area contributed by atoms with E-state index in [1.165, 1.54) is 0 Å². The van der Waals surface area contributed by atoms with E-state index in [0.717, 1.165) is 65.8 Å². The highest BCUT2D eigenvalue weighted by atomic mass is 79.9. The topological polar surface area (TPSA) is 34.1 Å². The third kappa shape index (κ3) is 4.00. The molecule has 0 amide bonds. The SMILES string of the molecule is CC12CP(=O)(C(C3=C(CBr)C4(C)CP3(=O)C(c3ccccc3)=C4c3ccccc3)=C1CBr)C(c1ccccc1)=C2c1ccccc1. The Kier molecular flexibility index (Phi) is 7.24. The van der Waals surface area contributed by atoms with Gasteiger partial charge in [-0.25, -0.2) is 0 Å². The first-order valence-electron chi connectivity index (χ1n) is 15.7. The van der Waals surface area contributed by atoms with Crippen LogP contribution in [0.15, 0.2) is 143 Å². The maximum Gasteiger partial charge on any atom is 0.146 e. The third-order valence-corrected chi connectivity index (χ3v) is 19.0. The molecular formula is C40H34Br2O2P2. The fourth-order valence-electron chi connectivity index (χ4n) is 8.99. The first kappa shape index (κ1) is 30.6. The summed E-state index contributed by atoms with van der Waals surface area (Å²) in [5.74, 6) is 0. The second-order valence-electron chi connectivity index (χ2n) is 13.3. The van der Waals surface area contributed by atoms with Gasteiger partial charge in [0, 0.05) is 55.1 Å². The summed E-state index contributed by atoms with van der Waals surface area (Å²) in [7, 11) is -6.47. The van der Waals surface area contributed by atoms with Crippen LogP contribution in [0.5, 0.6) is 0 Å². The standard InChI is InChI=1S/C40H34Br2O2P2/c1-39-25-45(43,35(29-19-11-5-12-20-29)33(39)27-15-7-3-8-16-27)37(31(39)23-41)38-32(24-42)40(2)26-46(38,44)36(30-21-13-6-14-22-30)34(40)28-17-9-4-10-18-28/h3-22H,23-26H2,1-2H3. The molecule has 6 heteroatoms. The van der Waals surface area contributed by atoms with Crippen LogP contribution >= 0.6 is 46.1 Å². The maximum absolute atomic E-state index is 16.3. The van der Waals surface area contributed by atoms with E-state index < -0.39 is 25.1 Å². The lowest BCUT2D eigenvalue weighted by Gasteiger charge is -2.36. The molecule has 4 atom stereocenters. The summed E-state index contributed by atoms with van der Waals surface area (Å²) in [6.45, 7) is 4.54. The lowest BCUT2D eigenvalue weighted by Crippen LogP contribution is -2.23. The van der Waals surface area contributed by atoms with E-state index in [4.69, 9.17) is 0 Å². The predicted octanol–water partition coefficient (Wildman–Crippen LogP) is 12.2. The van der Waals surface area contributed by atoms with E-state index in [1.807, 2.05) is 48.5 Å². The molecule has 0 radical (unpaired) electrons. The van der Waals surface area contributed by atoms with Gasteiger partial charge in [-0.05, 0) is 44.5 Å². The van der Waals surface area contributed by atoms with Gasteiger partial charge in [0.15, 0.2) is 0 Å². The molecule has 8 rings (SSSR count). The van der Waals surface area contributed by atoms with Crippen LogP contribution in [0.2, 0.25) is 0 Å². The van der Waals surface area contributed by atoms with Gasteiger partial charge < -0.3 is 9.13 Å². The van der Waals surface area contributed by atoms with Crippen molar-refractivity contribution in [1.29, 1.82) is 0 Å². The smallest absolute Gasteiger partial charge is 0.146 e. The van der Waals surface area contributed by atoms with Crippen LogP contribution in [0.3, 0.4) is 0 Å². The molecule has 4 unspecified atom stereocenters. The number of hydrogen-bond donors (Lipinski definition) is 0. The third-order valence-electron chi connectivity index (χ3n) is 10.7. The molecule has 4 heterocycles. The summed E-state index contributed by atoms with van der Waals surface area (Å²) < 4.78 is 32.6. The minimum absolute atomic E-state index is 0.465. The lowest BCUT2D eigenvalue weighted by molar-refractivity contribution is 0.575. The summed E-state index contributed by atoms with van der Waals surface area (Å²) in [5, 5.41) is 4.80. The molecule has 0 saturated carbocycles. The van der Waals surface area contributed by atoms with Crippen LogP contribution in [0.1, 0.15) is 36.1 Å². The van der Waals surface area contributed by atoms with E-state index in [1.54, 1.807) is 0 Å². The summed E-state index contributed by atoms with van der Waals surface area (Å²) in [6, 6.07) is 41.5. The Morgan fingerprint density at radius 2 is 0.761 bits per heavy atom. The molecule has 46 heavy (non-hydrogen) atoms. The summed E-state index contributed by atoms with van der Waals surface area (Å²) in [4.78, 5) is 0.